The second-order valence-corrected chi connectivity index (χ2v) is 6.12. The summed E-state index contributed by atoms with van der Waals surface area (Å²) in [5.74, 6) is 0.866. The Morgan fingerprint density at radius 1 is 1.09 bits per heavy atom. The van der Waals surface area contributed by atoms with Crippen LogP contribution in [0.4, 0.5) is 11.5 Å². The van der Waals surface area contributed by atoms with E-state index in [0.29, 0.717) is 6.04 Å². The van der Waals surface area contributed by atoms with Gasteiger partial charge in [-0.1, -0.05) is 24.3 Å². The maximum Gasteiger partial charge on any atom is 0.130 e. The Kier molecular flexibility index (Phi) is 3.67. The highest BCUT2D eigenvalue weighted by molar-refractivity contribution is 5.92. The average molecular weight is 304 g/mol. The van der Waals surface area contributed by atoms with Crippen LogP contribution in [-0.4, -0.2) is 28.5 Å². The molecule has 1 saturated heterocycles. The monoisotopic (exact) mass is 304 g/mol. The first-order valence-electron chi connectivity index (χ1n) is 8.08. The third-order valence-corrected chi connectivity index (χ3v) is 4.60. The molecule has 3 heterocycles. The van der Waals surface area contributed by atoms with E-state index in [1.807, 2.05) is 36.7 Å². The molecule has 1 fully saturated rings. The predicted octanol–water partition coefficient (Wildman–Crippen LogP) is 4.14. The molecule has 0 spiro atoms. The molecule has 0 aliphatic carbocycles. The van der Waals surface area contributed by atoms with Crippen molar-refractivity contribution in [2.24, 2.45) is 0 Å². The van der Waals surface area contributed by atoms with E-state index in [1.54, 1.807) is 0 Å². The van der Waals surface area contributed by atoms with Gasteiger partial charge in [0.1, 0.15) is 5.82 Å². The molecule has 0 radical (unpaired) electrons. The van der Waals surface area contributed by atoms with Crippen LogP contribution in [0.3, 0.4) is 0 Å². The Morgan fingerprint density at radius 3 is 2.78 bits per heavy atom. The summed E-state index contributed by atoms with van der Waals surface area (Å²) in [7, 11) is 2.19. The van der Waals surface area contributed by atoms with Crippen molar-refractivity contribution in [3.8, 4) is 0 Å². The fourth-order valence-corrected chi connectivity index (χ4v) is 3.35. The van der Waals surface area contributed by atoms with Crippen LogP contribution in [0.25, 0.3) is 10.9 Å². The van der Waals surface area contributed by atoms with Crippen molar-refractivity contribution >= 4 is 22.4 Å². The summed E-state index contributed by atoms with van der Waals surface area (Å²) < 4.78 is 0. The van der Waals surface area contributed by atoms with Crippen molar-refractivity contribution in [1.29, 1.82) is 0 Å². The largest absolute Gasteiger partial charge is 0.340 e. The summed E-state index contributed by atoms with van der Waals surface area (Å²) in [6.07, 6.45) is 6.31. The minimum Gasteiger partial charge on any atom is -0.340 e. The van der Waals surface area contributed by atoms with Crippen LogP contribution in [-0.2, 0) is 0 Å². The van der Waals surface area contributed by atoms with Gasteiger partial charge in [-0.15, -0.1) is 0 Å². The summed E-state index contributed by atoms with van der Waals surface area (Å²) in [5.41, 5.74) is 3.32. The van der Waals surface area contributed by atoms with Gasteiger partial charge >= 0.3 is 0 Å². The molecular formula is C19H20N4. The molecule has 1 N–H and O–H groups in total. The standard InChI is InChI=1S/C19H20N4/c1-23-12-4-7-18(23)14-8-9-19(21-13-14)22-17-10-11-20-16-6-3-2-5-15(16)17/h2-3,5-6,8-11,13,18H,4,7,12H2,1H3,(H,20,21,22). The van der Waals surface area contributed by atoms with Gasteiger partial charge in [-0.25, -0.2) is 4.98 Å². The number of anilines is 2. The number of aromatic nitrogens is 2. The number of para-hydroxylation sites is 1. The molecule has 1 unspecified atom stereocenters. The third kappa shape index (κ3) is 2.78. The fraction of sp³-hybridized carbons (Fsp3) is 0.263. The summed E-state index contributed by atoms with van der Waals surface area (Å²) in [6, 6.07) is 14.9. The molecule has 1 atom stereocenters. The second-order valence-electron chi connectivity index (χ2n) is 6.12. The number of hydrogen-bond donors (Lipinski definition) is 1. The van der Waals surface area contributed by atoms with E-state index in [2.05, 4.69) is 45.4 Å². The van der Waals surface area contributed by atoms with Crippen LogP contribution in [0, 0.1) is 0 Å². The van der Waals surface area contributed by atoms with Crippen LogP contribution in [0.1, 0.15) is 24.4 Å². The molecule has 4 heteroatoms. The lowest BCUT2D eigenvalue weighted by Crippen LogP contribution is -2.17. The lowest BCUT2D eigenvalue weighted by molar-refractivity contribution is 0.317. The number of fused-ring (bicyclic) bond motifs is 1. The third-order valence-electron chi connectivity index (χ3n) is 4.60. The molecule has 1 aliphatic heterocycles. The zero-order chi connectivity index (χ0) is 15.6. The fourth-order valence-electron chi connectivity index (χ4n) is 3.35. The van der Waals surface area contributed by atoms with Crippen LogP contribution in [0.2, 0.25) is 0 Å². The minimum atomic E-state index is 0.512. The lowest BCUT2D eigenvalue weighted by atomic mass is 10.1. The van der Waals surface area contributed by atoms with Crippen molar-refractivity contribution in [2.75, 3.05) is 18.9 Å². The maximum absolute atomic E-state index is 4.60. The molecule has 1 aromatic carbocycles. The minimum absolute atomic E-state index is 0.512. The van der Waals surface area contributed by atoms with E-state index in [4.69, 9.17) is 0 Å². The van der Waals surface area contributed by atoms with Gasteiger partial charge in [0, 0.05) is 23.8 Å². The lowest BCUT2D eigenvalue weighted by Gasteiger charge is -2.19. The number of nitrogens with zero attached hydrogens (tertiary/aromatic N) is 3. The molecular weight excluding hydrogens is 284 g/mol. The number of nitrogens with one attached hydrogen (secondary N) is 1. The Bertz CT molecular complexity index is 808. The SMILES string of the molecule is CN1CCCC1c1ccc(Nc2ccnc3ccccc23)nc1. The van der Waals surface area contributed by atoms with Crippen molar-refractivity contribution in [3.63, 3.8) is 0 Å². The predicted molar refractivity (Wildman–Crippen MR) is 93.9 cm³/mol. The van der Waals surface area contributed by atoms with Crippen LogP contribution >= 0.6 is 0 Å². The number of benzene rings is 1. The summed E-state index contributed by atoms with van der Waals surface area (Å²) in [6.45, 7) is 1.17. The maximum atomic E-state index is 4.60. The van der Waals surface area contributed by atoms with E-state index in [0.717, 1.165) is 22.4 Å². The number of hydrogen-bond acceptors (Lipinski definition) is 4. The van der Waals surface area contributed by atoms with Crippen LogP contribution in [0.5, 0.6) is 0 Å². The second kappa shape index (κ2) is 5.97. The highest BCUT2D eigenvalue weighted by Gasteiger charge is 2.22. The topological polar surface area (TPSA) is 41.0 Å². The first-order valence-corrected chi connectivity index (χ1v) is 8.08. The zero-order valence-corrected chi connectivity index (χ0v) is 13.2. The van der Waals surface area contributed by atoms with Crippen molar-refractivity contribution in [2.45, 2.75) is 18.9 Å². The molecule has 4 nitrogen and oxygen atoms in total. The molecule has 3 aromatic rings. The first-order chi connectivity index (χ1) is 11.3. The normalized spacial score (nSPS) is 18.4. The van der Waals surface area contributed by atoms with Gasteiger partial charge in [-0.05, 0) is 50.2 Å². The molecule has 1 aliphatic rings. The first kappa shape index (κ1) is 14.2. The Balaban J connectivity index is 1.59. The molecule has 0 bridgehead atoms. The zero-order valence-electron chi connectivity index (χ0n) is 13.2. The van der Waals surface area contributed by atoms with Gasteiger partial charge in [0.15, 0.2) is 0 Å². The molecule has 0 amide bonds. The van der Waals surface area contributed by atoms with Gasteiger partial charge in [0.25, 0.3) is 0 Å². The number of rotatable bonds is 3. The van der Waals surface area contributed by atoms with Gasteiger partial charge in [0.05, 0.1) is 11.2 Å². The summed E-state index contributed by atoms with van der Waals surface area (Å²) >= 11 is 0. The molecule has 116 valence electrons. The molecule has 23 heavy (non-hydrogen) atoms. The Labute approximate surface area is 136 Å². The van der Waals surface area contributed by atoms with Crippen LogP contribution in [0.15, 0.2) is 54.9 Å². The number of likely N-dealkylation sites (tertiary alicyclic amines) is 1. The Hall–Kier alpha value is -2.46. The molecule has 0 saturated carbocycles. The van der Waals surface area contributed by atoms with Gasteiger partial charge in [0.2, 0.25) is 0 Å². The van der Waals surface area contributed by atoms with E-state index >= 15 is 0 Å². The van der Waals surface area contributed by atoms with E-state index < -0.39 is 0 Å². The van der Waals surface area contributed by atoms with E-state index in [1.165, 1.54) is 24.9 Å². The smallest absolute Gasteiger partial charge is 0.130 e. The highest BCUT2D eigenvalue weighted by Crippen LogP contribution is 2.30. The van der Waals surface area contributed by atoms with Crippen molar-refractivity contribution in [1.82, 2.24) is 14.9 Å². The quantitative estimate of drug-likeness (QED) is 0.789. The van der Waals surface area contributed by atoms with E-state index in [9.17, 15) is 0 Å². The highest BCUT2D eigenvalue weighted by atomic mass is 15.1. The van der Waals surface area contributed by atoms with E-state index in [-0.39, 0.29) is 0 Å². The summed E-state index contributed by atoms with van der Waals surface area (Å²) in [4.78, 5) is 11.4. The van der Waals surface area contributed by atoms with Crippen molar-refractivity contribution in [3.05, 3.63) is 60.4 Å². The van der Waals surface area contributed by atoms with Crippen molar-refractivity contribution < 1.29 is 0 Å². The molecule has 2 aromatic heterocycles. The average Bonchev–Trinajstić information content (AvgIpc) is 3.02. The number of pyridine rings is 2. The van der Waals surface area contributed by atoms with Gasteiger partial charge in [-0.2, -0.15) is 0 Å². The van der Waals surface area contributed by atoms with Crippen LogP contribution < -0.4 is 5.32 Å². The Morgan fingerprint density at radius 2 is 2.00 bits per heavy atom. The summed E-state index contributed by atoms with van der Waals surface area (Å²) in [5, 5.41) is 4.52. The molecule has 4 rings (SSSR count). The van der Waals surface area contributed by atoms with Gasteiger partial charge in [-0.3, -0.25) is 9.88 Å². The van der Waals surface area contributed by atoms with Gasteiger partial charge < -0.3 is 5.32 Å².